The van der Waals surface area contributed by atoms with Crippen LogP contribution in [0.15, 0.2) is 18.2 Å². The lowest BCUT2D eigenvalue weighted by Gasteiger charge is -2.38. The molecule has 24 heavy (non-hydrogen) atoms. The number of hydrogen-bond donors (Lipinski definition) is 1. The molecule has 5 nitrogen and oxygen atoms in total. The van der Waals surface area contributed by atoms with Crippen molar-refractivity contribution >= 4 is 17.5 Å². The Labute approximate surface area is 148 Å². The largest absolute Gasteiger partial charge is 0.507 e. The van der Waals surface area contributed by atoms with Crippen LogP contribution in [0.25, 0.3) is 0 Å². The van der Waals surface area contributed by atoms with Gasteiger partial charge in [0.2, 0.25) is 0 Å². The Kier molecular flexibility index (Phi) is 5.64. The lowest BCUT2D eigenvalue weighted by Crippen LogP contribution is -2.49. The van der Waals surface area contributed by atoms with Crippen molar-refractivity contribution in [1.82, 2.24) is 14.7 Å². The molecule has 0 saturated carbocycles. The maximum atomic E-state index is 12.7. The van der Waals surface area contributed by atoms with Gasteiger partial charge in [-0.15, -0.1) is 0 Å². The van der Waals surface area contributed by atoms with E-state index in [9.17, 15) is 9.90 Å². The van der Waals surface area contributed by atoms with E-state index in [-0.39, 0.29) is 11.7 Å². The number of rotatable bonds is 3. The van der Waals surface area contributed by atoms with Crippen LogP contribution < -0.4 is 0 Å². The van der Waals surface area contributed by atoms with Crippen LogP contribution in [-0.2, 0) is 0 Å². The third-order valence-corrected chi connectivity index (χ3v) is 5.34. The Morgan fingerprint density at radius 2 is 2.00 bits per heavy atom. The number of phenols is 1. The maximum Gasteiger partial charge on any atom is 0.257 e. The van der Waals surface area contributed by atoms with Gasteiger partial charge in [0.25, 0.3) is 5.91 Å². The number of aromatic hydroxyl groups is 1. The molecule has 1 atom stereocenters. The second-order valence-corrected chi connectivity index (χ2v) is 7.46. The van der Waals surface area contributed by atoms with Crippen molar-refractivity contribution in [3.05, 3.63) is 28.8 Å². The Morgan fingerprint density at radius 1 is 1.25 bits per heavy atom. The first kappa shape index (κ1) is 17.5. The molecule has 3 rings (SSSR count). The van der Waals surface area contributed by atoms with E-state index >= 15 is 0 Å². The summed E-state index contributed by atoms with van der Waals surface area (Å²) in [6.07, 6.45) is 2.20. The molecular weight excluding hydrogens is 326 g/mol. The van der Waals surface area contributed by atoms with E-state index in [1.54, 1.807) is 12.1 Å². The second kappa shape index (κ2) is 7.72. The SMILES string of the molecule is CN1CCN(C[C@H]2CCCN(C(=O)c3ccc(Cl)cc3O)C2)CC1. The number of carbonyl (C=O) groups excluding carboxylic acids is 1. The van der Waals surface area contributed by atoms with Gasteiger partial charge in [-0.3, -0.25) is 4.79 Å². The van der Waals surface area contributed by atoms with E-state index in [0.717, 1.165) is 52.2 Å². The molecule has 2 fully saturated rings. The van der Waals surface area contributed by atoms with Crippen molar-refractivity contribution in [2.75, 3.05) is 52.9 Å². The molecule has 0 bridgehead atoms. The number of likely N-dealkylation sites (tertiary alicyclic amines) is 1. The molecule has 2 saturated heterocycles. The van der Waals surface area contributed by atoms with Crippen LogP contribution in [-0.4, -0.2) is 78.6 Å². The number of piperidine rings is 1. The Hall–Kier alpha value is -1.30. The van der Waals surface area contributed by atoms with Gasteiger partial charge in [0.05, 0.1) is 5.56 Å². The summed E-state index contributed by atoms with van der Waals surface area (Å²) in [5, 5.41) is 10.4. The molecule has 1 N–H and O–H groups in total. The molecule has 2 aliphatic heterocycles. The van der Waals surface area contributed by atoms with Crippen LogP contribution in [0.2, 0.25) is 5.02 Å². The van der Waals surface area contributed by atoms with Crippen molar-refractivity contribution in [2.45, 2.75) is 12.8 Å². The number of likely N-dealkylation sites (N-methyl/N-ethyl adjacent to an activating group) is 1. The monoisotopic (exact) mass is 351 g/mol. The molecule has 0 spiro atoms. The lowest BCUT2D eigenvalue weighted by molar-refractivity contribution is 0.0606. The summed E-state index contributed by atoms with van der Waals surface area (Å²) >= 11 is 5.86. The molecule has 1 aromatic carbocycles. The number of carbonyl (C=O) groups is 1. The Morgan fingerprint density at radius 3 is 2.71 bits per heavy atom. The van der Waals surface area contributed by atoms with E-state index in [1.165, 1.54) is 12.5 Å². The summed E-state index contributed by atoms with van der Waals surface area (Å²) in [5.41, 5.74) is 0.347. The first-order chi connectivity index (χ1) is 11.5. The molecular formula is C18H26ClN3O2. The summed E-state index contributed by atoms with van der Waals surface area (Å²) in [6.45, 7) is 7.05. The van der Waals surface area contributed by atoms with Gasteiger partial charge < -0.3 is 19.8 Å². The smallest absolute Gasteiger partial charge is 0.257 e. The number of hydrogen-bond acceptors (Lipinski definition) is 4. The van der Waals surface area contributed by atoms with Crippen LogP contribution in [0.5, 0.6) is 5.75 Å². The number of amides is 1. The summed E-state index contributed by atoms with van der Waals surface area (Å²) < 4.78 is 0. The zero-order valence-corrected chi connectivity index (χ0v) is 15.0. The number of piperazine rings is 1. The highest BCUT2D eigenvalue weighted by atomic mass is 35.5. The van der Waals surface area contributed by atoms with Gasteiger partial charge in [-0.05, 0) is 44.0 Å². The minimum Gasteiger partial charge on any atom is -0.507 e. The summed E-state index contributed by atoms with van der Waals surface area (Å²) in [7, 11) is 2.16. The van der Waals surface area contributed by atoms with Crippen molar-refractivity contribution in [2.24, 2.45) is 5.92 Å². The molecule has 6 heteroatoms. The minimum absolute atomic E-state index is 0.0336. The maximum absolute atomic E-state index is 12.7. The quantitative estimate of drug-likeness (QED) is 0.906. The molecule has 2 heterocycles. The molecule has 0 radical (unpaired) electrons. The normalized spacial score (nSPS) is 23.4. The van der Waals surface area contributed by atoms with E-state index in [2.05, 4.69) is 16.8 Å². The topological polar surface area (TPSA) is 47.0 Å². The third kappa shape index (κ3) is 4.21. The fourth-order valence-electron chi connectivity index (χ4n) is 3.65. The highest BCUT2D eigenvalue weighted by Crippen LogP contribution is 2.26. The zero-order chi connectivity index (χ0) is 17.1. The predicted molar refractivity (Wildman–Crippen MR) is 95.7 cm³/mol. The van der Waals surface area contributed by atoms with Gasteiger partial charge in [0, 0.05) is 50.8 Å². The van der Waals surface area contributed by atoms with Crippen molar-refractivity contribution in [3.8, 4) is 5.75 Å². The highest BCUT2D eigenvalue weighted by molar-refractivity contribution is 6.30. The first-order valence-corrected chi connectivity index (χ1v) is 9.09. The second-order valence-electron chi connectivity index (χ2n) is 7.02. The van der Waals surface area contributed by atoms with E-state index in [4.69, 9.17) is 11.6 Å². The third-order valence-electron chi connectivity index (χ3n) is 5.11. The average Bonchev–Trinajstić information content (AvgIpc) is 2.57. The lowest BCUT2D eigenvalue weighted by atomic mass is 9.96. The fraction of sp³-hybridized carbons (Fsp3) is 0.611. The number of nitrogens with zero attached hydrogens (tertiary/aromatic N) is 3. The zero-order valence-electron chi connectivity index (χ0n) is 14.2. The number of benzene rings is 1. The van der Waals surface area contributed by atoms with Gasteiger partial charge in [0.1, 0.15) is 5.75 Å². The van der Waals surface area contributed by atoms with E-state index in [1.807, 2.05) is 4.90 Å². The predicted octanol–water partition coefficient (Wildman–Crippen LogP) is 2.15. The number of halogens is 1. The van der Waals surface area contributed by atoms with Gasteiger partial charge >= 0.3 is 0 Å². The summed E-state index contributed by atoms with van der Waals surface area (Å²) in [5.74, 6) is 0.390. The summed E-state index contributed by atoms with van der Waals surface area (Å²) in [6, 6.07) is 4.70. The molecule has 0 aromatic heterocycles. The molecule has 1 amide bonds. The number of phenolic OH excluding ortho intramolecular Hbond substituents is 1. The van der Waals surface area contributed by atoms with Gasteiger partial charge in [-0.2, -0.15) is 0 Å². The van der Waals surface area contributed by atoms with Crippen molar-refractivity contribution in [1.29, 1.82) is 0 Å². The van der Waals surface area contributed by atoms with Gasteiger partial charge in [-0.1, -0.05) is 11.6 Å². The van der Waals surface area contributed by atoms with E-state index in [0.29, 0.717) is 16.5 Å². The molecule has 0 unspecified atom stereocenters. The minimum atomic E-state index is -0.0905. The Bertz CT molecular complexity index is 588. The van der Waals surface area contributed by atoms with Gasteiger partial charge in [-0.25, -0.2) is 0 Å². The van der Waals surface area contributed by atoms with Gasteiger partial charge in [0.15, 0.2) is 0 Å². The molecule has 2 aliphatic rings. The average molecular weight is 352 g/mol. The molecule has 132 valence electrons. The van der Waals surface area contributed by atoms with Crippen LogP contribution in [0.3, 0.4) is 0 Å². The van der Waals surface area contributed by atoms with Crippen LogP contribution in [0, 0.1) is 5.92 Å². The van der Waals surface area contributed by atoms with Crippen molar-refractivity contribution in [3.63, 3.8) is 0 Å². The molecule has 1 aromatic rings. The Balaban J connectivity index is 1.59. The van der Waals surface area contributed by atoms with Crippen LogP contribution >= 0.6 is 11.6 Å². The summed E-state index contributed by atoms with van der Waals surface area (Å²) in [4.78, 5) is 19.5. The van der Waals surface area contributed by atoms with Crippen LogP contribution in [0.4, 0.5) is 0 Å². The highest BCUT2D eigenvalue weighted by Gasteiger charge is 2.27. The standard InChI is InChI=1S/C18H26ClN3O2/c1-20-7-9-21(10-8-20)12-14-3-2-6-22(13-14)18(24)16-5-4-15(19)11-17(16)23/h4-5,11,14,23H,2-3,6-10,12-13H2,1H3/t14-/m1/s1. The van der Waals surface area contributed by atoms with Crippen molar-refractivity contribution < 1.29 is 9.90 Å². The van der Waals surface area contributed by atoms with Crippen LogP contribution in [0.1, 0.15) is 23.2 Å². The van der Waals surface area contributed by atoms with E-state index < -0.39 is 0 Å². The first-order valence-electron chi connectivity index (χ1n) is 8.71. The fourth-order valence-corrected chi connectivity index (χ4v) is 3.82. The molecule has 0 aliphatic carbocycles.